The van der Waals surface area contributed by atoms with Crippen LogP contribution in [0.3, 0.4) is 0 Å². The van der Waals surface area contributed by atoms with Gasteiger partial charge in [0, 0.05) is 27.7 Å². The Morgan fingerprint density at radius 1 is 0.900 bits per heavy atom. The number of methoxy groups -OCH3 is 2. The number of benzene rings is 2. The SMILES string of the molecule is COc1cc2cc(-c3ccc(Cl)cc3)[nH]c2cc1OC. The van der Waals surface area contributed by atoms with Crippen molar-refractivity contribution in [3.8, 4) is 22.8 Å². The fourth-order valence-corrected chi connectivity index (χ4v) is 2.37. The van der Waals surface area contributed by atoms with E-state index in [-0.39, 0.29) is 0 Å². The molecule has 1 heterocycles. The topological polar surface area (TPSA) is 34.2 Å². The Morgan fingerprint density at radius 2 is 1.55 bits per heavy atom. The standard InChI is InChI=1S/C16H14ClNO2/c1-19-15-8-11-7-13(10-3-5-12(17)6-4-10)18-14(11)9-16(15)20-2/h3-9,18H,1-2H3. The van der Waals surface area contributed by atoms with Gasteiger partial charge in [-0.1, -0.05) is 23.7 Å². The summed E-state index contributed by atoms with van der Waals surface area (Å²) in [5.74, 6) is 1.44. The first-order valence-corrected chi connectivity index (χ1v) is 6.60. The Bertz CT molecular complexity index is 706. The van der Waals surface area contributed by atoms with E-state index >= 15 is 0 Å². The summed E-state index contributed by atoms with van der Waals surface area (Å²) >= 11 is 5.91. The highest BCUT2D eigenvalue weighted by atomic mass is 35.5. The van der Waals surface area contributed by atoms with Gasteiger partial charge in [0.15, 0.2) is 11.5 Å². The van der Waals surface area contributed by atoms with Gasteiger partial charge in [-0.15, -0.1) is 0 Å². The molecular formula is C16H14ClNO2. The number of aromatic amines is 1. The van der Waals surface area contributed by atoms with Gasteiger partial charge in [0.05, 0.1) is 14.2 Å². The maximum atomic E-state index is 5.91. The summed E-state index contributed by atoms with van der Waals surface area (Å²) in [7, 11) is 3.27. The summed E-state index contributed by atoms with van der Waals surface area (Å²) < 4.78 is 10.6. The minimum absolute atomic E-state index is 0.713. The third-order valence-corrected chi connectivity index (χ3v) is 3.53. The van der Waals surface area contributed by atoms with Crippen LogP contribution in [0.25, 0.3) is 22.2 Å². The Hall–Kier alpha value is -2.13. The molecule has 20 heavy (non-hydrogen) atoms. The molecule has 0 aliphatic rings. The number of nitrogens with one attached hydrogen (secondary N) is 1. The molecule has 2 aromatic carbocycles. The lowest BCUT2D eigenvalue weighted by Crippen LogP contribution is -1.89. The lowest BCUT2D eigenvalue weighted by Gasteiger charge is -2.06. The third kappa shape index (κ3) is 2.21. The molecule has 1 N–H and O–H groups in total. The van der Waals surface area contributed by atoms with Crippen molar-refractivity contribution in [1.82, 2.24) is 4.98 Å². The first-order chi connectivity index (χ1) is 9.71. The Kier molecular flexibility index (Phi) is 3.28. The van der Waals surface area contributed by atoms with Crippen LogP contribution in [-0.4, -0.2) is 19.2 Å². The predicted octanol–water partition coefficient (Wildman–Crippen LogP) is 4.51. The van der Waals surface area contributed by atoms with Crippen molar-refractivity contribution < 1.29 is 9.47 Å². The van der Waals surface area contributed by atoms with E-state index in [4.69, 9.17) is 21.1 Å². The number of hydrogen-bond acceptors (Lipinski definition) is 2. The normalized spacial score (nSPS) is 10.8. The van der Waals surface area contributed by atoms with E-state index in [1.807, 2.05) is 36.4 Å². The highest BCUT2D eigenvalue weighted by Gasteiger charge is 2.09. The monoisotopic (exact) mass is 287 g/mol. The Balaban J connectivity index is 2.12. The van der Waals surface area contributed by atoms with Crippen LogP contribution in [0.2, 0.25) is 5.02 Å². The van der Waals surface area contributed by atoms with Gasteiger partial charge in [-0.25, -0.2) is 0 Å². The van der Waals surface area contributed by atoms with Gasteiger partial charge in [0.25, 0.3) is 0 Å². The molecule has 1 aromatic heterocycles. The van der Waals surface area contributed by atoms with Gasteiger partial charge in [0.1, 0.15) is 0 Å². The smallest absolute Gasteiger partial charge is 0.162 e. The lowest BCUT2D eigenvalue weighted by molar-refractivity contribution is 0.356. The second-order valence-corrected chi connectivity index (χ2v) is 4.92. The summed E-state index contributed by atoms with van der Waals surface area (Å²) in [4.78, 5) is 3.38. The zero-order valence-electron chi connectivity index (χ0n) is 11.2. The number of hydrogen-bond donors (Lipinski definition) is 1. The van der Waals surface area contributed by atoms with Crippen molar-refractivity contribution in [2.45, 2.75) is 0 Å². The second-order valence-electron chi connectivity index (χ2n) is 4.48. The van der Waals surface area contributed by atoms with Crippen molar-refractivity contribution in [1.29, 1.82) is 0 Å². The summed E-state index contributed by atoms with van der Waals surface area (Å²) in [6, 6.07) is 13.7. The molecule has 0 unspecified atom stereocenters. The lowest BCUT2D eigenvalue weighted by atomic mass is 10.1. The third-order valence-electron chi connectivity index (χ3n) is 3.28. The van der Waals surface area contributed by atoms with Crippen molar-refractivity contribution in [2.75, 3.05) is 14.2 Å². The molecule has 0 saturated carbocycles. The highest BCUT2D eigenvalue weighted by molar-refractivity contribution is 6.30. The Labute approximate surface area is 122 Å². The molecule has 0 spiro atoms. The molecule has 4 heteroatoms. The minimum atomic E-state index is 0.713. The minimum Gasteiger partial charge on any atom is -0.493 e. The molecule has 0 atom stereocenters. The largest absolute Gasteiger partial charge is 0.493 e. The summed E-state index contributed by atoms with van der Waals surface area (Å²) in [5.41, 5.74) is 3.13. The van der Waals surface area contributed by atoms with E-state index in [1.54, 1.807) is 14.2 Å². The van der Waals surface area contributed by atoms with Gasteiger partial charge in [-0.2, -0.15) is 0 Å². The van der Waals surface area contributed by atoms with Crippen LogP contribution in [0, 0.1) is 0 Å². The number of halogens is 1. The Morgan fingerprint density at radius 3 is 2.20 bits per heavy atom. The molecule has 0 aliphatic heterocycles. The zero-order valence-corrected chi connectivity index (χ0v) is 12.0. The van der Waals surface area contributed by atoms with E-state index < -0.39 is 0 Å². The van der Waals surface area contributed by atoms with E-state index in [9.17, 15) is 0 Å². The van der Waals surface area contributed by atoms with Crippen molar-refractivity contribution in [3.63, 3.8) is 0 Å². The number of aromatic nitrogens is 1. The van der Waals surface area contributed by atoms with Crippen LogP contribution in [0.4, 0.5) is 0 Å². The average molecular weight is 288 g/mol. The fraction of sp³-hybridized carbons (Fsp3) is 0.125. The van der Waals surface area contributed by atoms with Crippen LogP contribution >= 0.6 is 11.6 Å². The summed E-state index contributed by atoms with van der Waals surface area (Å²) in [5, 5.41) is 1.81. The maximum Gasteiger partial charge on any atom is 0.162 e. The molecule has 3 aromatic rings. The summed E-state index contributed by atoms with van der Waals surface area (Å²) in [6.07, 6.45) is 0. The number of H-pyrrole nitrogens is 1. The highest BCUT2D eigenvalue weighted by Crippen LogP contribution is 2.34. The molecule has 0 bridgehead atoms. The van der Waals surface area contributed by atoms with Crippen LogP contribution in [-0.2, 0) is 0 Å². The van der Waals surface area contributed by atoms with Crippen LogP contribution in [0.5, 0.6) is 11.5 Å². The quantitative estimate of drug-likeness (QED) is 0.769. The molecule has 3 nitrogen and oxygen atoms in total. The van der Waals surface area contributed by atoms with Crippen LogP contribution < -0.4 is 9.47 Å². The molecule has 102 valence electrons. The van der Waals surface area contributed by atoms with Crippen LogP contribution in [0.15, 0.2) is 42.5 Å². The predicted molar refractivity (Wildman–Crippen MR) is 81.8 cm³/mol. The first kappa shape index (κ1) is 12.9. The van der Waals surface area contributed by atoms with Gasteiger partial charge < -0.3 is 14.5 Å². The van der Waals surface area contributed by atoms with E-state index in [0.29, 0.717) is 5.75 Å². The first-order valence-electron chi connectivity index (χ1n) is 6.22. The molecular weight excluding hydrogens is 274 g/mol. The van der Waals surface area contributed by atoms with E-state index in [1.165, 1.54) is 0 Å². The van der Waals surface area contributed by atoms with Crippen molar-refractivity contribution >= 4 is 22.5 Å². The van der Waals surface area contributed by atoms with Crippen molar-refractivity contribution in [2.24, 2.45) is 0 Å². The molecule has 0 radical (unpaired) electrons. The molecule has 0 aliphatic carbocycles. The fourth-order valence-electron chi connectivity index (χ4n) is 2.24. The molecule has 0 amide bonds. The average Bonchev–Trinajstić information content (AvgIpc) is 2.89. The molecule has 0 fully saturated rings. The van der Waals surface area contributed by atoms with Crippen LogP contribution in [0.1, 0.15) is 0 Å². The van der Waals surface area contributed by atoms with Gasteiger partial charge in [-0.3, -0.25) is 0 Å². The zero-order chi connectivity index (χ0) is 14.1. The summed E-state index contributed by atoms with van der Waals surface area (Å²) in [6.45, 7) is 0. The molecule has 3 rings (SSSR count). The molecule has 0 saturated heterocycles. The van der Waals surface area contributed by atoms with Gasteiger partial charge >= 0.3 is 0 Å². The number of rotatable bonds is 3. The van der Waals surface area contributed by atoms with Crippen molar-refractivity contribution in [3.05, 3.63) is 47.5 Å². The van der Waals surface area contributed by atoms with E-state index in [2.05, 4.69) is 11.1 Å². The van der Waals surface area contributed by atoms with Gasteiger partial charge in [0.2, 0.25) is 0 Å². The second kappa shape index (κ2) is 5.10. The number of ether oxygens (including phenoxy) is 2. The van der Waals surface area contributed by atoms with E-state index in [0.717, 1.165) is 32.9 Å². The van der Waals surface area contributed by atoms with Gasteiger partial charge in [-0.05, 0) is 29.8 Å². The number of fused-ring (bicyclic) bond motifs is 1. The maximum absolute atomic E-state index is 5.91.